The monoisotopic (exact) mass is 672 g/mol. The number of nitrogens with zero attached hydrogens (tertiary/aromatic N) is 2. The van der Waals surface area contributed by atoms with Gasteiger partial charge in [-0.05, 0) is 72.4 Å². The Bertz CT molecular complexity index is 3020. The molecule has 11 rings (SSSR count). The fourth-order valence-corrected chi connectivity index (χ4v) is 9.02. The van der Waals surface area contributed by atoms with E-state index in [1.54, 1.807) is 0 Å². The lowest BCUT2D eigenvalue weighted by Crippen LogP contribution is -2.28. The van der Waals surface area contributed by atoms with Gasteiger partial charge in [-0.15, -0.1) is 0 Å². The van der Waals surface area contributed by atoms with Gasteiger partial charge in [0, 0.05) is 16.5 Å². The highest BCUT2D eigenvalue weighted by Gasteiger charge is 2.46. The van der Waals surface area contributed by atoms with Crippen LogP contribution in [0.4, 0.5) is 0 Å². The molecule has 0 spiro atoms. The van der Waals surface area contributed by atoms with Crippen LogP contribution in [0.5, 0.6) is 0 Å². The van der Waals surface area contributed by atoms with Crippen LogP contribution >= 0.6 is 0 Å². The summed E-state index contributed by atoms with van der Waals surface area (Å²) < 4.78 is 0. The van der Waals surface area contributed by atoms with Crippen molar-refractivity contribution in [3.05, 3.63) is 216 Å². The molecule has 0 saturated carbocycles. The molecular formula is C51H32N2. The average molecular weight is 673 g/mol. The van der Waals surface area contributed by atoms with Gasteiger partial charge < -0.3 is 0 Å². The van der Waals surface area contributed by atoms with E-state index in [9.17, 15) is 0 Å². The number of benzene rings is 9. The maximum absolute atomic E-state index is 5.51. The SMILES string of the molecule is c1ccc(C2(c3ccccc3)c3ccccc3-c3c2ccc2c(-c4nc5ccc6ccccc6c5nc4-c4ccc5ccccc5c4)cccc32)cc1. The zero-order chi connectivity index (χ0) is 34.9. The van der Waals surface area contributed by atoms with E-state index in [0.29, 0.717) is 0 Å². The first-order valence-corrected chi connectivity index (χ1v) is 18.3. The first kappa shape index (κ1) is 29.8. The van der Waals surface area contributed by atoms with E-state index in [2.05, 4.69) is 194 Å². The van der Waals surface area contributed by atoms with Crippen molar-refractivity contribution in [2.24, 2.45) is 0 Å². The zero-order valence-corrected chi connectivity index (χ0v) is 28.9. The van der Waals surface area contributed by atoms with Gasteiger partial charge in [-0.1, -0.05) is 182 Å². The summed E-state index contributed by atoms with van der Waals surface area (Å²) in [5.41, 5.74) is 12.9. The van der Waals surface area contributed by atoms with Crippen molar-refractivity contribution >= 4 is 43.4 Å². The Hall–Kier alpha value is -6.90. The van der Waals surface area contributed by atoms with Gasteiger partial charge in [0.05, 0.1) is 27.8 Å². The number of fused-ring (bicyclic) bond motifs is 9. The molecule has 1 aromatic heterocycles. The summed E-state index contributed by atoms with van der Waals surface area (Å²) >= 11 is 0. The van der Waals surface area contributed by atoms with E-state index < -0.39 is 5.41 Å². The molecule has 1 heterocycles. The molecule has 53 heavy (non-hydrogen) atoms. The van der Waals surface area contributed by atoms with Crippen LogP contribution in [0.3, 0.4) is 0 Å². The largest absolute Gasteiger partial charge is 0.244 e. The second kappa shape index (κ2) is 11.6. The number of hydrogen-bond acceptors (Lipinski definition) is 2. The van der Waals surface area contributed by atoms with Crippen LogP contribution in [0.1, 0.15) is 22.3 Å². The van der Waals surface area contributed by atoms with Crippen molar-refractivity contribution in [2.45, 2.75) is 5.41 Å². The van der Waals surface area contributed by atoms with Gasteiger partial charge in [-0.25, -0.2) is 9.97 Å². The Morgan fingerprint density at radius 2 is 1.00 bits per heavy atom. The van der Waals surface area contributed by atoms with E-state index in [1.165, 1.54) is 49.5 Å². The van der Waals surface area contributed by atoms with Crippen LogP contribution in [0.25, 0.3) is 77.0 Å². The molecule has 0 unspecified atom stereocenters. The number of hydrogen-bond donors (Lipinski definition) is 0. The molecule has 0 fully saturated rings. The lowest BCUT2D eigenvalue weighted by atomic mass is 9.67. The molecule has 246 valence electrons. The van der Waals surface area contributed by atoms with Crippen LogP contribution in [-0.2, 0) is 5.41 Å². The molecule has 0 radical (unpaired) electrons. The highest BCUT2D eigenvalue weighted by atomic mass is 14.8. The van der Waals surface area contributed by atoms with Gasteiger partial charge in [-0.3, -0.25) is 0 Å². The molecule has 9 aromatic carbocycles. The average Bonchev–Trinajstić information content (AvgIpc) is 3.55. The maximum atomic E-state index is 5.51. The summed E-state index contributed by atoms with van der Waals surface area (Å²) in [6.07, 6.45) is 0. The van der Waals surface area contributed by atoms with Crippen LogP contribution < -0.4 is 0 Å². The third kappa shape index (κ3) is 4.33. The quantitative estimate of drug-likeness (QED) is 0.174. The third-order valence-electron chi connectivity index (χ3n) is 11.3. The van der Waals surface area contributed by atoms with Crippen molar-refractivity contribution in [1.82, 2.24) is 9.97 Å². The minimum atomic E-state index is -0.460. The Morgan fingerprint density at radius 3 is 1.81 bits per heavy atom. The second-order valence-electron chi connectivity index (χ2n) is 14.1. The molecule has 10 aromatic rings. The molecule has 2 heteroatoms. The standard InChI is InChI=1S/C51H32N2/c1-3-17-37(18-4-1)51(38-19-5-2-6-20-38)44-25-12-11-22-43(44)47-41-23-13-24-42(40(41)29-30-45(47)51)50-48(36-27-26-33-14-7-8-16-35(33)32-36)53-49-39-21-10-9-15-34(39)28-31-46(49)52-50/h1-32H. The summed E-state index contributed by atoms with van der Waals surface area (Å²) in [5.74, 6) is 0. The van der Waals surface area contributed by atoms with Gasteiger partial charge in [0.2, 0.25) is 0 Å². The van der Waals surface area contributed by atoms with Gasteiger partial charge in [0.15, 0.2) is 0 Å². The van der Waals surface area contributed by atoms with Gasteiger partial charge in [0.1, 0.15) is 0 Å². The molecule has 0 bridgehead atoms. The summed E-state index contributed by atoms with van der Waals surface area (Å²) in [4.78, 5) is 11.0. The molecule has 0 amide bonds. The smallest absolute Gasteiger partial charge is 0.0979 e. The molecule has 1 aliphatic rings. The summed E-state index contributed by atoms with van der Waals surface area (Å²) in [6.45, 7) is 0. The van der Waals surface area contributed by atoms with Crippen molar-refractivity contribution in [2.75, 3.05) is 0 Å². The predicted octanol–water partition coefficient (Wildman–Crippen LogP) is 12.8. The highest BCUT2D eigenvalue weighted by Crippen LogP contribution is 2.58. The first-order valence-electron chi connectivity index (χ1n) is 18.3. The summed E-state index contributed by atoms with van der Waals surface area (Å²) in [7, 11) is 0. The van der Waals surface area contributed by atoms with Crippen LogP contribution in [0, 0.1) is 0 Å². The second-order valence-corrected chi connectivity index (χ2v) is 14.1. The summed E-state index contributed by atoms with van der Waals surface area (Å²) in [6, 6.07) is 70.3. The maximum Gasteiger partial charge on any atom is 0.0979 e. The molecule has 0 saturated heterocycles. The normalized spacial score (nSPS) is 13.1. The molecule has 2 nitrogen and oxygen atoms in total. The fraction of sp³-hybridized carbons (Fsp3) is 0.0196. The Kier molecular flexibility index (Phi) is 6.50. The van der Waals surface area contributed by atoms with Crippen LogP contribution in [0.2, 0.25) is 0 Å². The highest BCUT2D eigenvalue weighted by molar-refractivity contribution is 6.11. The molecule has 1 aliphatic carbocycles. The van der Waals surface area contributed by atoms with E-state index >= 15 is 0 Å². The van der Waals surface area contributed by atoms with E-state index in [4.69, 9.17) is 9.97 Å². The summed E-state index contributed by atoms with van der Waals surface area (Å²) in [5, 5.41) is 7.03. The van der Waals surface area contributed by atoms with E-state index in [0.717, 1.165) is 49.7 Å². The Balaban J connectivity index is 1.23. The predicted molar refractivity (Wildman–Crippen MR) is 220 cm³/mol. The number of aromatic nitrogens is 2. The topological polar surface area (TPSA) is 25.8 Å². The Morgan fingerprint density at radius 1 is 0.358 bits per heavy atom. The minimum absolute atomic E-state index is 0.460. The van der Waals surface area contributed by atoms with Crippen LogP contribution in [-0.4, -0.2) is 9.97 Å². The molecule has 0 N–H and O–H groups in total. The van der Waals surface area contributed by atoms with E-state index in [1.807, 2.05) is 0 Å². The molecule has 0 atom stereocenters. The Labute approximate surface area is 307 Å². The van der Waals surface area contributed by atoms with Crippen molar-refractivity contribution in [3.63, 3.8) is 0 Å². The van der Waals surface area contributed by atoms with Crippen molar-refractivity contribution in [3.8, 4) is 33.6 Å². The van der Waals surface area contributed by atoms with Crippen molar-refractivity contribution < 1.29 is 0 Å². The number of rotatable bonds is 4. The van der Waals surface area contributed by atoms with Crippen molar-refractivity contribution in [1.29, 1.82) is 0 Å². The van der Waals surface area contributed by atoms with Gasteiger partial charge in [0.25, 0.3) is 0 Å². The van der Waals surface area contributed by atoms with E-state index in [-0.39, 0.29) is 0 Å². The molecule has 0 aliphatic heterocycles. The first-order chi connectivity index (χ1) is 26.3. The van der Waals surface area contributed by atoms with Gasteiger partial charge in [-0.2, -0.15) is 0 Å². The fourth-order valence-electron chi connectivity index (χ4n) is 9.02. The lowest BCUT2D eigenvalue weighted by Gasteiger charge is -2.34. The van der Waals surface area contributed by atoms with Gasteiger partial charge >= 0.3 is 0 Å². The zero-order valence-electron chi connectivity index (χ0n) is 28.9. The molecular weight excluding hydrogens is 641 g/mol. The minimum Gasteiger partial charge on any atom is -0.244 e. The lowest BCUT2D eigenvalue weighted by molar-refractivity contribution is 0.769. The van der Waals surface area contributed by atoms with Crippen LogP contribution in [0.15, 0.2) is 194 Å². The third-order valence-corrected chi connectivity index (χ3v) is 11.3.